The van der Waals surface area contributed by atoms with Crippen LogP contribution in [0.15, 0.2) is 48.5 Å². The molecule has 0 bridgehead atoms. The summed E-state index contributed by atoms with van der Waals surface area (Å²) in [5.41, 5.74) is 5.58. The Morgan fingerprint density at radius 3 is 1.74 bits per heavy atom. The van der Waals surface area contributed by atoms with Crippen LogP contribution in [0.25, 0.3) is 0 Å². The van der Waals surface area contributed by atoms with Gasteiger partial charge >= 0.3 is 0 Å². The molecule has 2 nitrogen and oxygen atoms in total. The van der Waals surface area contributed by atoms with E-state index in [9.17, 15) is 0 Å². The van der Waals surface area contributed by atoms with Crippen molar-refractivity contribution in [2.24, 2.45) is 0 Å². The standard InChI is InChI=1S/C27H41N2P2/c1-20(2)30(21(3)4)26-15-11-9-13-24(26)28-17-18-29(19-28)25-14-10-12-16-27(25)31(22(5)6)23(7)8/h9-16,19-23H,17-18H2,1-8H3/q+1. The van der Waals surface area contributed by atoms with E-state index in [2.05, 4.69) is 120 Å². The first-order valence-corrected chi connectivity index (χ1v) is 14.8. The second-order valence-electron chi connectivity index (χ2n) is 9.67. The van der Waals surface area contributed by atoms with Crippen LogP contribution in [0, 0.1) is 0 Å². The van der Waals surface area contributed by atoms with E-state index in [1.165, 1.54) is 11.4 Å². The Hall–Kier alpha value is -1.23. The molecule has 0 atom stereocenters. The number of rotatable bonds is 8. The third kappa shape index (κ3) is 5.40. The van der Waals surface area contributed by atoms with Gasteiger partial charge in [0.2, 0.25) is 6.34 Å². The molecular weight excluding hydrogens is 414 g/mol. The van der Waals surface area contributed by atoms with Crippen LogP contribution in [0.4, 0.5) is 11.4 Å². The summed E-state index contributed by atoms with van der Waals surface area (Å²) in [5, 5.41) is 3.11. The van der Waals surface area contributed by atoms with Crippen LogP contribution in [-0.4, -0.2) is 46.6 Å². The summed E-state index contributed by atoms with van der Waals surface area (Å²) in [6, 6.07) is 18.3. The maximum absolute atomic E-state index is 2.50. The molecule has 1 aliphatic heterocycles. The zero-order valence-corrected chi connectivity index (χ0v) is 22.5. The molecule has 168 valence electrons. The van der Waals surface area contributed by atoms with Gasteiger partial charge in [0.05, 0.1) is 0 Å². The summed E-state index contributed by atoms with van der Waals surface area (Å²) in [6.07, 6.45) is 2.38. The van der Waals surface area contributed by atoms with Gasteiger partial charge in [0.15, 0.2) is 0 Å². The van der Waals surface area contributed by atoms with Gasteiger partial charge in [-0.15, -0.1) is 0 Å². The van der Waals surface area contributed by atoms with Gasteiger partial charge in [0, 0.05) is 10.6 Å². The van der Waals surface area contributed by atoms with Gasteiger partial charge in [-0.1, -0.05) is 108 Å². The molecule has 31 heavy (non-hydrogen) atoms. The van der Waals surface area contributed by atoms with Crippen LogP contribution in [0.3, 0.4) is 0 Å². The molecule has 0 saturated heterocycles. The van der Waals surface area contributed by atoms with Crippen molar-refractivity contribution in [3.05, 3.63) is 48.5 Å². The SMILES string of the molecule is CC(C)P(c1ccccc1N1C=[N+](c2ccccc2P(C(C)C)C(C)C)CC1)C(C)C. The highest BCUT2D eigenvalue weighted by molar-refractivity contribution is 7.67. The first kappa shape index (κ1) is 24.4. The van der Waals surface area contributed by atoms with E-state index in [1.54, 1.807) is 10.6 Å². The molecule has 0 amide bonds. The molecule has 2 aromatic carbocycles. The van der Waals surface area contributed by atoms with Crippen molar-refractivity contribution >= 4 is 44.2 Å². The smallest absolute Gasteiger partial charge is 0.229 e. The maximum atomic E-state index is 2.50. The largest absolute Gasteiger partial charge is 0.244 e. The molecule has 1 heterocycles. The number of hydrogen-bond acceptors (Lipinski definition) is 1. The number of nitrogens with zero attached hydrogens (tertiary/aromatic N) is 2. The van der Waals surface area contributed by atoms with E-state index >= 15 is 0 Å². The Morgan fingerprint density at radius 1 is 0.677 bits per heavy atom. The highest BCUT2D eigenvalue weighted by Crippen LogP contribution is 2.48. The van der Waals surface area contributed by atoms with E-state index in [1.807, 2.05) is 0 Å². The van der Waals surface area contributed by atoms with Crippen LogP contribution in [0.2, 0.25) is 0 Å². The van der Waals surface area contributed by atoms with Gasteiger partial charge in [-0.05, 0) is 34.8 Å². The lowest BCUT2D eigenvalue weighted by atomic mass is 10.3. The van der Waals surface area contributed by atoms with E-state index in [-0.39, 0.29) is 15.8 Å². The van der Waals surface area contributed by atoms with E-state index < -0.39 is 0 Å². The summed E-state index contributed by atoms with van der Waals surface area (Å²) in [4.78, 5) is 2.50. The van der Waals surface area contributed by atoms with Crippen molar-refractivity contribution in [2.75, 3.05) is 18.0 Å². The van der Waals surface area contributed by atoms with Crippen LogP contribution in [-0.2, 0) is 0 Å². The lowest BCUT2D eigenvalue weighted by Gasteiger charge is -2.28. The zero-order valence-electron chi connectivity index (χ0n) is 20.7. The first-order valence-electron chi connectivity index (χ1n) is 11.8. The van der Waals surface area contributed by atoms with Gasteiger partial charge in [0.1, 0.15) is 24.5 Å². The average Bonchev–Trinajstić information content (AvgIpc) is 3.17. The second kappa shape index (κ2) is 10.6. The summed E-state index contributed by atoms with van der Waals surface area (Å²) in [6.45, 7) is 21.2. The van der Waals surface area contributed by atoms with Gasteiger partial charge in [-0.25, -0.2) is 9.48 Å². The third-order valence-electron chi connectivity index (χ3n) is 6.02. The highest BCUT2D eigenvalue weighted by atomic mass is 31.1. The number of hydrogen-bond donors (Lipinski definition) is 0. The topological polar surface area (TPSA) is 6.25 Å². The van der Waals surface area contributed by atoms with Gasteiger partial charge in [0.25, 0.3) is 0 Å². The van der Waals surface area contributed by atoms with E-state index in [0.29, 0.717) is 22.6 Å². The number of para-hydroxylation sites is 2. The number of benzene rings is 2. The first-order chi connectivity index (χ1) is 14.7. The molecule has 1 aliphatic rings. The van der Waals surface area contributed by atoms with Crippen molar-refractivity contribution in [1.29, 1.82) is 0 Å². The van der Waals surface area contributed by atoms with Crippen LogP contribution in [0.1, 0.15) is 55.4 Å². The van der Waals surface area contributed by atoms with Crippen LogP contribution in [0.5, 0.6) is 0 Å². The fourth-order valence-corrected chi connectivity index (χ4v) is 11.1. The summed E-state index contributed by atoms with van der Waals surface area (Å²) < 4.78 is 2.50. The molecule has 0 fully saturated rings. The molecule has 3 rings (SSSR count). The summed E-state index contributed by atoms with van der Waals surface area (Å²) in [7, 11) is -0.380. The van der Waals surface area contributed by atoms with E-state index in [4.69, 9.17) is 0 Å². The molecule has 0 aliphatic carbocycles. The predicted octanol–water partition coefficient (Wildman–Crippen LogP) is 6.73. The van der Waals surface area contributed by atoms with Crippen molar-refractivity contribution in [1.82, 2.24) is 0 Å². The van der Waals surface area contributed by atoms with Gasteiger partial charge < -0.3 is 0 Å². The van der Waals surface area contributed by atoms with Crippen LogP contribution >= 0.6 is 15.8 Å². The van der Waals surface area contributed by atoms with Gasteiger partial charge in [-0.2, -0.15) is 0 Å². The fourth-order valence-electron chi connectivity index (χ4n) is 5.02. The Labute approximate surface area is 193 Å². The highest BCUT2D eigenvalue weighted by Gasteiger charge is 2.31. The zero-order chi connectivity index (χ0) is 22.7. The maximum Gasteiger partial charge on any atom is 0.244 e. The molecule has 0 aromatic heterocycles. The Balaban J connectivity index is 2.01. The molecule has 0 unspecified atom stereocenters. The minimum absolute atomic E-state index is 0.190. The average molecular weight is 456 g/mol. The van der Waals surface area contributed by atoms with E-state index in [0.717, 1.165) is 13.1 Å². The quantitative estimate of drug-likeness (QED) is 0.316. The Kier molecular flexibility index (Phi) is 8.34. The van der Waals surface area contributed by atoms with Crippen molar-refractivity contribution < 1.29 is 4.58 Å². The molecule has 0 N–H and O–H groups in total. The lowest BCUT2D eigenvalue weighted by Crippen LogP contribution is -2.26. The monoisotopic (exact) mass is 455 g/mol. The Bertz CT molecular complexity index is 886. The van der Waals surface area contributed by atoms with Crippen molar-refractivity contribution in [2.45, 2.75) is 78.0 Å². The van der Waals surface area contributed by atoms with Gasteiger partial charge in [-0.3, -0.25) is 0 Å². The second-order valence-corrected chi connectivity index (χ2v) is 16.4. The normalized spacial score (nSPS) is 14.8. The third-order valence-corrected chi connectivity index (χ3v) is 12.3. The minimum atomic E-state index is -0.190. The lowest BCUT2D eigenvalue weighted by molar-refractivity contribution is -0.422. The summed E-state index contributed by atoms with van der Waals surface area (Å²) >= 11 is 0. The molecule has 0 radical (unpaired) electrons. The molecular formula is C27H41N2P2+. The van der Waals surface area contributed by atoms with Crippen molar-refractivity contribution in [3.8, 4) is 0 Å². The Morgan fingerprint density at radius 2 is 1.16 bits per heavy atom. The van der Waals surface area contributed by atoms with Crippen LogP contribution < -0.4 is 15.5 Å². The predicted molar refractivity (Wildman–Crippen MR) is 145 cm³/mol. The fraction of sp³-hybridized carbons (Fsp3) is 0.519. The van der Waals surface area contributed by atoms with Crippen molar-refractivity contribution in [3.63, 3.8) is 0 Å². The minimum Gasteiger partial charge on any atom is -0.229 e. The molecule has 4 heteroatoms. The molecule has 0 spiro atoms. The molecule has 2 aromatic rings. The number of anilines is 1. The molecule has 0 saturated carbocycles. The summed E-state index contributed by atoms with van der Waals surface area (Å²) in [5.74, 6) is 0.